The van der Waals surface area contributed by atoms with Crippen molar-refractivity contribution in [2.24, 2.45) is 5.92 Å². The molecular weight excluding hydrogens is 459 g/mol. The zero-order valence-electron chi connectivity index (χ0n) is 17.9. The summed E-state index contributed by atoms with van der Waals surface area (Å²) < 4.78 is 46.4. The van der Waals surface area contributed by atoms with Crippen molar-refractivity contribution in [1.29, 1.82) is 0 Å². The Morgan fingerprint density at radius 3 is 2.41 bits per heavy atom. The summed E-state index contributed by atoms with van der Waals surface area (Å²) in [5.41, 5.74) is 0.581. The van der Waals surface area contributed by atoms with Crippen LogP contribution in [-0.4, -0.2) is 42.9 Å². The van der Waals surface area contributed by atoms with E-state index in [0.717, 1.165) is 6.07 Å². The van der Waals surface area contributed by atoms with E-state index in [0.29, 0.717) is 31.6 Å². The maximum Gasteiger partial charge on any atom is 0.573 e. The van der Waals surface area contributed by atoms with Gasteiger partial charge in [-0.1, -0.05) is 30.3 Å². The first-order chi connectivity index (χ1) is 16.1. The van der Waals surface area contributed by atoms with Crippen LogP contribution in [0.1, 0.15) is 18.4 Å². The number of esters is 1. The lowest BCUT2D eigenvalue weighted by atomic mass is 9.96. The fraction of sp³-hybridized carbons (Fsp3) is 0.364. The van der Waals surface area contributed by atoms with Gasteiger partial charge in [0.25, 0.3) is 11.6 Å². The van der Waals surface area contributed by atoms with Crippen LogP contribution in [0.2, 0.25) is 0 Å². The number of anilines is 1. The van der Waals surface area contributed by atoms with Crippen LogP contribution in [-0.2, 0) is 20.9 Å². The van der Waals surface area contributed by atoms with Crippen molar-refractivity contribution >= 4 is 23.3 Å². The van der Waals surface area contributed by atoms with Crippen LogP contribution in [0.25, 0.3) is 0 Å². The second-order valence-electron chi connectivity index (χ2n) is 7.55. The molecule has 1 amide bonds. The number of rotatable bonds is 8. The molecule has 12 heteroatoms. The summed E-state index contributed by atoms with van der Waals surface area (Å²) in [6.07, 6.45) is -4.07. The summed E-state index contributed by atoms with van der Waals surface area (Å²) >= 11 is 0. The van der Waals surface area contributed by atoms with Crippen LogP contribution >= 0.6 is 0 Å². The normalized spacial score (nSPS) is 14.4. The van der Waals surface area contributed by atoms with Crippen molar-refractivity contribution in [2.75, 3.05) is 24.6 Å². The number of hydrogen-bond donors (Lipinski definition) is 1. The fourth-order valence-corrected chi connectivity index (χ4v) is 3.62. The van der Waals surface area contributed by atoms with E-state index in [-0.39, 0.29) is 17.8 Å². The van der Waals surface area contributed by atoms with E-state index in [1.54, 1.807) is 18.2 Å². The van der Waals surface area contributed by atoms with Gasteiger partial charge < -0.3 is 19.7 Å². The van der Waals surface area contributed by atoms with Crippen molar-refractivity contribution in [1.82, 2.24) is 5.32 Å². The van der Waals surface area contributed by atoms with Gasteiger partial charge in [0.2, 0.25) is 0 Å². The van der Waals surface area contributed by atoms with Gasteiger partial charge >= 0.3 is 12.3 Å². The third kappa shape index (κ3) is 6.83. The first-order valence-corrected chi connectivity index (χ1v) is 10.4. The maximum absolute atomic E-state index is 12.5. The second kappa shape index (κ2) is 10.9. The van der Waals surface area contributed by atoms with Gasteiger partial charge in [0.05, 0.1) is 10.8 Å². The van der Waals surface area contributed by atoms with E-state index < -0.39 is 41.4 Å². The SMILES string of the molecule is O=C(COC(=O)C1CCN(c2ccccc2[N+](=O)[O-])CC1)NCc1ccccc1OC(F)(F)F. The number of carbonyl (C=O) groups is 2. The van der Waals surface area contributed by atoms with Gasteiger partial charge in [-0.3, -0.25) is 19.7 Å². The minimum absolute atomic E-state index is 0.0117. The van der Waals surface area contributed by atoms with Crippen molar-refractivity contribution in [3.63, 3.8) is 0 Å². The highest BCUT2D eigenvalue weighted by molar-refractivity contribution is 5.81. The summed E-state index contributed by atoms with van der Waals surface area (Å²) in [4.78, 5) is 36.9. The summed E-state index contributed by atoms with van der Waals surface area (Å²) in [6, 6.07) is 11.7. The Kier molecular flexibility index (Phi) is 7.92. The summed E-state index contributed by atoms with van der Waals surface area (Å²) in [7, 11) is 0. The van der Waals surface area contributed by atoms with Crippen LogP contribution in [0.5, 0.6) is 5.75 Å². The highest BCUT2D eigenvalue weighted by Crippen LogP contribution is 2.31. The molecule has 0 spiro atoms. The molecule has 0 aliphatic carbocycles. The number of amides is 1. The van der Waals surface area contributed by atoms with Crippen LogP contribution in [0.4, 0.5) is 24.5 Å². The number of nitrogens with zero attached hydrogens (tertiary/aromatic N) is 2. The average molecular weight is 481 g/mol. The first kappa shape index (κ1) is 24.8. The molecule has 0 unspecified atom stereocenters. The molecule has 2 aromatic rings. The predicted molar refractivity (Wildman–Crippen MR) is 114 cm³/mol. The molecule has 1 aliphatic heterocycles. The Morgan fingerprint density at radius 2 is 1.74 bits per heavy atom. The van der Waals surface area contributed by atoms with Gasteiger partial charge in [-0.05, 0) is 25.0 Å². The van der Waals surface area contributed by atoms with E-state index in [1.165, 1.54) is 24.3 Å². The Morgan fingerprint density at radius 1 is 1.09 bits per heavy atom. The average Bonchev–Trinajstić information content (AvgIpc) is 2.81. The molecule has 1 N–H and O–H groups in total. The molecule has 0 aromatic heterocycles. The molecule has 0 saturated carbocycles. The largest absolute Gasteiger partial charge is 0.573 e. The van der Waals surface area contributed by atoms with Crippen molar-refractivity contribution < 1.29 is 37.2 Å². The number of ether oxygens (including phenoxy) is 2. The van der Waals surface area contributed by atoms with Gasteiger partial charge in [-0.2, -0.15) is 0 Å². The molecule has 0 bridgehead atoms. The lowest BCUT2D eigenvalue weighted by Gasteiger charge is -2.32. The third-order valence-electron chi connectivity index (χ3n) is 5.27. The number of nitro groups is 1. The topological polar surface area (TPSA) is 111 Å². The monoisotopic (exact) mass is 481 g/mol. The molecule has 3 rings (SSSR count). The Hall–Kier alpha value is -3.83. The number of nitro benzene ring substituents is 1. The Balaban J connectivity index is 1.45. The van der Waals surface area contributed by atoms with E-state index in [9.17, 15) is 32.9 Å². The molecule has 0 radical (unpaired) electrons. The summed E-state index contributed by atoms with van der Waals surface area (Å²) in [5.74, 6) is -2.14. The predicted octanol–water partition coefficient (Wildman–Crippen LogP) is 3.57. The summed E-state index contributed by atoms with van der Waals surface area (Å²) in [6.45, 7) is 0.00198. The highest BCUT2D eigenvalue weighted by Gasteiger charge is 2.32. The van der Waals surface area contributed by atoms with Crippen molar-refractivity contribution in [3.05, 3.63) is 64.2 Å². The van der Waals surface area contributed by atoms with Crippen LogP contribution in [0.15, 0.2) is 48.5 Å². The third-order valence-corrected chi connectivity index (χ3v) is 5.27. The van der Waals surface area contributed by atoms with Crippen molar-refractivity contribution in [2.45, 2.75) is 25.7 Å². The van der Waals surface area contributed by atoms with Gasteiger partial charge in [-0.25, -0.2) is 0 Å². The molecule has 1 heterocycles. The minimum Gasteiger partial charge on any atom is -0.455 e. The van der Waals surface area contributed by atoms with Crippen molar-refractivity contribution in [3.8, 4) is 5.75 Å². The maximum atomic E-state index is 12.5. The van der Waals surface area contributed by atoms with Gasteiger partial charge in [0.1, 0.15) is 11.4 Å². The fourth-order valence-electron chi connectivity index (χ4n) is 3.62. The van der Waals surface area contributed by atoms with Gasteiger partial charge in [0.15, 0.2) is 6.61 Å². The number of piperidine rings is 1. The zero-order chi connectivity index (χ0) is 24.7. The molecule has 1 fully saturated rings. The lowest BCUT2D eigenvalue weighted by Crippen LogP contribution is -2.38. The Bertz CT molecular complexity index is 1040. The molecule has 182 valence electrons. The van der Waals surface area contributed by atoms with Gasteiger partial charge in [-0.15, -0.1) is 13.2 Å². The second-order valence-corrected chi connectivity index (χ2v) is 7.55. The smallest absolute Gasteiger partial charge is 0.455 e. The number of halogens is 3. The molecular formula is C22H22F3N3O6. The molecule has 34 heavy (non-hydrogen) atoms. The van der Waals surface area contributed by atoms with Crippen LogP contribution in [0, 0.1) is 16.0 Å². The Labute approximate surface area is 192 Å². The number of alkyl halides is 3. The molecule has 1 saturated heterocycles. The number of carbonyl (C=O) groups excluding carboxylic acids is 2. The lowest BCUT2D eigenvalue weighted by molar-refractivity contribution is -0.384. The number of nitrogens with one attached hydrogen (secondary N) is 1. The number of benzene rings is 2. The van der Waals surface area contributed by atoms with E-state index >= 15 is 0 Å². The standard InChI is InChI=1S/C22H22F3N3O6/c23-22(24,25)34-19-8-4-1-5-16(19)13-26-20(29)14-33-21(30)15-9-11-27(12-10-15)17-6-2-3-7-18(17)28(31)32/h1-8,15H,9-14H2,(H,26,29). The first-order valence-electron chi connectivity index (χ1n) is 10.4. The van der Waals surface area contributed by atoms with Crippen LogP contribution < -0.4 is 15.0 Å². The number of hydrogen-bond acceptors (Lipinski definition) is 7. The molecule has 2 aromatic carbocycles. The van der Waals surface area contributed by atoms with E-state index in [2.05, 4.69) is 10.1 Å². The van der Waals surface area contributed by atoms with Gasteiger partial charge in [0, 0.05) is 31.3 Å². The quantitative estimate of drug-likeness (QED) is 0.349. The van der Waals surface area contributed by atoms with Crippen LogP contribution in [0.3, 0.4) is 0 Å². The minimum atomic E-state index is -4.86. The van der Waals surface area contributed by atoms with E-state index in [1.807, 2.05) is 4.90 Å². The molecule has 1 aliphatic rings. The molecule has 0 atom stereocenters. The zero-order valence-corrected chi connectivity index (χ0v) is 17.9. The van der Waals surface area contributed by atoms with E-state index in [4.69, 9.17) is 4.74 Å². The number of para-hydroxylation sites is 3. The molecule has 9 nitrogen and oxygen atoms in total. The summed E-state index contributed by atoms with van der Waals surface area (Å²) in [5, 5.41) is 13.6. The highest BCUT2D eigenvalue weighted by atomic mass is 19.4.